The maximum absolute atomic E-state index is 12.9. The summed E-state index contributed by atoms with van der Waals surface area (Å²) in [7, 11) is 0. The predicted molar refractivity (Wildman–Crippen MR) is 92.1 cm³/mol. The van der Waals surface area contributed by atoms with Crippen LogP contribution in [0.5, 0.6) is 0 Å². The number of amides is 1. The molecule has 0 aliphatic carbocycles. The lowest BCUT2D eigenvalue weighted by molar-refractivity contribution is -0.384. The number of carbonyl (C=O) groups is 1. The lowest BCUT2D eigenvalue weighted by Crippen LogP contribution is -2.30. The Morgan fingerprint density at radius 3 is 2.70 bits per heavy atom. The molecule has 6 heteroatoms. The number of aryl methyl sites for hydroxylation is 2. The van der Waals surface area contributed by atoms with Crippen LogP contribution in [-0.4, -0.2) is 17.4 Å². The molecule has 1 aliphatic rings. The molecule has 5 nitrogen and oxygen atoms in total. The average molecular weight is 375 g/mol. The van der Waals surface area contributed by atoms with E-state index in [0.29, 0.717) is 28.7 Å². The smallest absolute Gasteiger partial charge is 0.294 e. The summed E-state index contributed by atoms with van der Waals surface area (Å²) >= 11 is 3.30. The van der Waals surface area contributed by atoms with E-state index in [1.165, 1.54) is 11.0 Å². The molecule has 2 aromatic rings. The lowest BCUT2D eigenvalue weighted by atomic mass is 10.0. The third kappa shape index (κ3) is 2.74. The Morgan fingerprint density at radius 2 is 2.00 bits per heavy atom. The van der Waals surface area contributed by atoms with Crippen molar-refractivity contribution in [3.63, 3.8) is 0 Å². The second kappa shape index (κ2) is 5.77. The summed E-state index contributed by atoms with van der Waals surface area (Å²) in [4.78, 5) is 25.4. The minimum absolute atomic E-state index is 0.0365. The summed E-state index contributed by atoms with van der Waals surface area (Å²) in [6.07, 6.45) is 0.617. The van der Waals surface area contributed by atoms with Gasteiger partial charge in [-0.3, -0.25) is 14.9 Å². The third-order valence-electron chi connectivity index (χ3n) is 4.07. The van der Waals surface area contributed by atoms with Crippen molar-refractivity contribution in [2.24, 2.45) is 0 Å². The van der Waals surface area contributed by atoms with Gasteiger partial charge in [0.15, 0.2) is 0 Å². The molecule has 0 N–H and O–H groups in total. The molecule has 0 fully saturated rings. The van der Waals surface area contributed by atoms with Crippen molar-refractivity contribution in [3.05, 3.63) is 67.2 Å². The minimum Gasteiger partial charge on any atom is -0.302 e. The van der Waals surface area contributed by atoms with Gasteiger partial charge in [-0.05, 0) is 43.5 Å². The number of anilines is 1. The molecular formula is C17H15BrN2O3. The second-order valence-corrected chi connectivity index (χ2v) is 6.63. The van der Waals surface area contributed by atoms with Gasteiger partial charge in [0.25, 0.3) is 11.6 Å². The summed E-state index contributed by atoms with van der Waals surface area (Å²) in [5.74, 6) is -0.185. The van der Waals surface area contributed by atoms with Gasteiger partial charge in [-0.25, -0.2) is 0 Å². The SMILES string of the molecule is Cc1ccc(C)c(C(=O)N2CCc3cc(Br)cc([N+](=O)[O-])c32)c1. The quantitative estimate of drug-likeness (QED) is 0.585. The summed E-state index contributed by atoms with van der Waals surface area (Å²) in [6, 6.07) is 8.98. The van der Waals surface area contributed by atoms with Crippen molar-refractivity contribution in [3.8, 4) is 0 Å². The molecule has 0 radical (unpaired) electrons. The molecule has 0 atom stereocenters. The van der Waals surface area contributed by atoms with E-state index < -0.39 is 4.92 Å². The summed E-state index contributed by atoms with van der Waals surface area (Å²) in [5.41, 5.74) is 3.66. The van der Waals surface area contributed by atoms with Crippen molar-refractivity contribution in [1.29, 1.82) is 0 Å². The molecule has 0 spiro atoms. The second-order valence-electron chi connectivity index (χ2n) is 5.71. The maximum atomic E-state index is 12.9. The molecule has 23 heavy (non-hydrogen) atoms. The number of nitro benzene ring substituents is 1. The van der Waals surface area contributed by atoms with Gasteiger partial charge in [0.2, 0.25) is 0 Å². The van der Waals surface area contributed by atoms with Crippen molar-refractivity contribution in [1.82, 2.24) is 0 Å². The largest absolute Gasteiger partial charge is 0.302 e. The fourth-order valence-electron chi connectivity index (χ4n) is 2.94. The number of benzene rings is 2. The molecule has 0 aromatic heterocycles. The summed E-state index contributed by atoms with van der Waals surface area (Å²) < 4.78 is 0.656. The number of carbonyl (C=O) groups excluding carboxylic acids is 1. The van der Waals surface area contributed by atoms with E-state index in [1.54, 1.807) is 0 Å². The maximum Gasteiger partial charge on any atom is 0.294 e. The first-order valence-corrected chi connectivity index (χ1v) is 8.03. The van der Waals surface area contributed by atoms with E-state index in [1.807, 2.05) is 38.1 Å². The Labute approximate surface area is 142 Å². The zero-order valence-corrected chi connectivity index (χ0v) is 14.4. The van der Waals surface area contributed by atoms with Gasteiger partial charge in [-0.1, -0.05) is 33.6 Å². The molecule has 1 heterocycles. The Kier molecular flexibility index (Phi) is 3.93. The van der Waals surface area contributed by atoms with Crippen LogP contribution in [0, 0.1) is 24.0 Å². The molecule has 2 aromatic carbocycles. The average Bonchev–Trinajstić information content (AvgIpc) is 2.91. The molecule has 118 valence electrons. The van der Waals surface area contributed by atoms with Crippen LogP contribution in [0.2, 0.25) is 0 Å². The zero-order chi connectivity index (χ0) is 16.7. The van der Waals surface area contributed by atoms with E-state index in [0.717, 1.165) is 16.7 Å². The van der Waals surface area contributed by atoms with Crippen LogP contribution in [-0.2, 0) is 6.42 Å². The van der Waals surface area contributed by atoms with Crippen molar-refractivity contribution >= 4 is 33.2 Å². The first kappa shape index (κ1) is 15.7. The van der Waals surface area contributed by atoms with Crippen molar-refractivity contribution < 1.29 is 9.72 Å². The molecule has 0 unspecified atom stereocenters. The number of hydrogen-bond acceptors (Lipinski definition) is 3. The molecule has 0 bridgehead atoms. The van der Waals surface area contributed by atoms with Crippen LogP contribution in [0.4, 0.5) is 11.4 Å². The van der Waals surface area contributed by atoms with Gasteiger partial charge in [0, 0.05) is 22.6 Å². The van der Waals surface area contributed by atoms with Crippen LogP contribution in [0.3, 0.4) is 0 Å². The standard InChI is InChI=1S/C17H15BrN2O3/c1-10-3-4-11(2)14(7-10)17(21)19-6-5-12-8-13(18)9-15(16(12)19)20(22)23/h3-4,7-9H,5-6H2,1-2H3. The number of halogens is 1. The Balaban J connectivity index is 2.11. The van der Waals surface area contributed by atoms with Crippen molar-refractivity contribution in [2.75, 3.05) is 11.4 Å². The highest BCUT2D eigenvalue weighted by molar-refractivity contribution is 9.10. The number of fused-ring (bicyclic) bond motifs is 1. The fourth-order valence-corrected chi connectivity index (χ4v) is 3.43. The summed E-state index contributed by atoms with van der Waals surface area (Å²) in [5, 5.41) is 11.4. The van der Waals surface area contributed by atoms with E-state index >= 15 is 0 Å². The van der Waals surface area contributed by atoms with E-state index in [4.69, 9.17) is 0 Å². The van der Waals surface area contributed by atoms with Gasteiger partial charge in [-0.2, -0.15) is 0 Å². The zero-order valence-electron chi connectivity index (χ0n) is 12.8. The third-order valence-corrected chi connectivity index (χ3v) is 4.53. The first-order valence-electron chi connectivity index (χ1n) is 7.24. The van der Waals surface area contributed by atoms with Crippen LogP contribution in [0.25, 0.3) is 0 Å². The molecule has 0 saturated carbocycles. The molecule has 1 aliphatic heterocycles. The summed E-state index contributed by atoms with van der Waals surface area (Å²) in [6.45, 7) is 4.26. The highest BCUT2D eigenvalue weighted by atomic mass is 79.9. The molecule has 1 amide bonds. The van der Waals surface area contributed by atoms with Crippen LogP contribution >= 0.6 is 15.9 Å². The van der Waals surface area contributed by atoms with Gasteiger partial charge >= 0.3 is 0 Å². The van der Waals surface area contributed by atoms with Crippen LogP contribution in [0.1, 0.15) is 27.0 Å². The number of nitro groups is 1. The minimum atomic E-state index is -0.432. The molecule has 0 saturated heterocycles. The van der Waals surface area contributed by atoms with E-state index in [9.17, 15) is 14.9 Å². The van der Waals surface area contributed by atoms with Gasteiger partial charge in [0.05, 0.1) is 4.92 Å². The van der Waals surface area contributed by atoms with Crippen LogP contribution in [0.15, 0.2) is 34.8 Å². The van der Waals surface area contributed by atoms with Gasteiger partial charge in [0.1, 0.15) is 5.69 Å². The Hall–Kier alpha value is -2.21. The molecular weight excluding hydrogens is 360 g/mol. The van der Waals surface area contributed by atoms with E-state index in [-0.39, 0.29) is 11.6 Å². The van der Waals surface area contributed by atoms with Crippen molar-refractivity contribution in [2.45, 2.75) is 20.3 Å². The Morgan fingerprint density at radius 1 is 1.26 bits per heavy atom. The normalized spacial score (nSPS) is 13.1. The van der Waals surface area contributed by atoms with E-state index in [2.05, 4.69) is 15.9 Å². The van der Waals surface area contributed by atoms with Crippen LogP contribution < -0.4 is 4.90 Å². The molecule has 3 rings (SSSR count). The highest BCUT2D eigenvalue weighted by Gasteiger charge is 2.33. The number of nitrogens with zero attached hydrogens (tertiary/aromatic N) is 2. The topological polar surface area (TPSA) is 63.5 Å². The predicted octanol–water partition coefficient (Wildman–Crippen LogP) is 4.18. The number of hydrogen-bond donors (Lipinski definition) is 0. The number of rotatable bonds is 2. The Bertz CT molecular complexity index is 833. The van der Waals surface area contributed by atoms with Gasteiger partial charge in [-0.15, -0.1) is 0 Å². The highest BCUT2D eigenvalue weighted by Crippen LogP contribution is 2.40. The lowest BCUT2D eigenvalue weighted by Gasteiger charge is -2.19. The monoisotopic (exact) mass is 374 g/mol. The fraction of sp³-hybridized carbons (Fsp3) is 0.235. The van der Waals surface area contributed by atoms with Gasteiger partial charge < -0.3 is 4.90 Å². The first-order chi connectivity index (χ1) is 10.9.